The van der Waals surface area contributed by atoms with E-state index in [1.165, 1.54) is 0 Å². The summed E-state index contributed by atoms with van der Waals surface area (Å²) in [5.74, 6) is 0.245. The van der Waals surface area contributed by atoms with Gasteiger partial charge in [0.1, 0.15) is 12.1 Å². The number of epoxide rings is 1. The Balaban J connectivity index is 2.20. The van der Waals surface area contributed by atoms with Crippen molar-refractivity contribution in [1.82, 2.24) is 0 Å². The summed E-state index contributed by atoms with van der Waals surface area (Å²) in [6, 6.07) is 0. The first-order chi connectivity index (χ1) is 2.30. The number of nitrogens with two attached hydrogens (primary N) is 1. The minimum atomic E-state index is 0.0139. The summed E-state index contributed by atoms with van der Waals surface area (Å²) in [7, 11) is 2.46. The molecule has 0 bridgehead atoms. The van der Waals surface area contributed by atoms with E-state index in [0.29, 0.717) is 0 Å². The zero-order chi connectivity index (χ0) is 3.86. The second-order valence-electron chi connectivity index (χ2n) is 1.07. The molecule has 2 N–H and O–H groups in total. The lowest BCUT2D eigenvalue weighted by atomic mass is 10.8. The van der Waals surface area contributed by atoms with E-state index in [1.807, 2.05) is 0 Å². The Morgan fingerprint density at radius 1 is 1.80 bits per heavy atom. The number of rotatable bonds is 0. The highest BCUT2D eigenvalue weighted by Crippen LogP contribution is 2.21. The molecule has 5 heavy (non-hydrogen) atoms. The highest BCUT2D eigenvalue weighted by molar-refractivity contribution is 7.17. The van der Waals surface area contributed by atoms with Gasteiger partial charge < -0.3 is 10.5 Å². The van der Waals surface area contributed by atoms with Gasteiger partial charge in [0.15, 0.2) is 0 Å². The zero-order valence-electron chi connectivity index (χ0n) is 2.72. The smallest absolute Gasteiger partial charge is 0.136 e. The molecule has 2 nitrogen and oxygen atoms in total. The van der Waals surface area contributed by atoms with Crippen LogP contribution in [0, 0.1) is 0 Å². The van der Waals surface area contributed by atoms with Crippen molar-refractivity contribution in [3.63, 3.8) is 0 Å². The molecular weight excluding hydrogens is 85.0 g/mol. The SMILES string of the molecule is NC1OC1P. The summed E-state index contributed by atoms with van der Waals surface area (Å²) >= 11 is 0. The van der Waals surface area contributed by atoms with Crippen LogP contribution in [0.15, 0.2) is 0 Å². The third-order valence-electron chi connectivity index (χ3n) is 0.561. The van der Waals surface area contributed by atoms with E-state index < -0.39 is 0 Å². The standard InChI is InChI=1S/C2H6NOP/c3-1-2(5)4-1/h1-2H,3,5H2. The minimum absolute atomic E-state index is 0.0139. The first kappa shape index (κ1) is 3.54. The van der Waals surface area contributed by atoms with Gasteiger partial charge in [-0.1, -0.05) is 0 Å². The maximum Gasteiger partial charge on any atom is 0.136 e. The molecule has 0 aromatic rings. The largest absolute Gasteiger partial charge is 0.349 e. The summed E-state index contributed by atoms with van der Waals surface area (Å²) < 4.78 is 4.66. The van der Waals surface area contributed by atoms with Gasteiger partial charge in [-0.25, -0.2) is 0 Å². The van der Waals surface area contributed by atoms with Crippen molar-refractivity contribution in [3.05, 3.63) is 0 Å². The van der Waals surface area contributed by atoms with Gasteiger partial charge in [0.05, 0.1) is 0 Å². The van der Waals surface area contributed by atoms with Gasteiger partial charge in [-0.3, -0.25) is 0 Å². The van der Waals surface area contributed by atoms with E-state index >= 15 is 0 Å². The van der Waals surface area contributed by atoms with Crippen molar-refractivity contribution in [2.24, 2.45) is 5.73 Å². The van der Waals surface area contributed by atoms with Crippen molar-refractivity contribution in [3.8, 4) is 0 Å². The molecule has 1 rings (SSSR count). The molecule has 0 spiro atoms. The van der Waals surface area contributed by atoms with E-state index in [0.717, 1.165) is 0 Å². The predicted molar refractivity (Wildman–Crippen MR) is 22.6 cm³/mol. The summed E-state index contributed by atoms with van der Waals surface area (Å²) in [5, 5.41) is 0. The monoisotopic (exact) mass is 91.0 g/mol. The minimum Gasteiger partial charge on any atom is -0.349 e. The molecule has 3 atom stereocenters. The van der Waals surface area contributed by atoms with Crippen molar-refractivity contribution in [2.75, 3.05) is 0 Å². The molecule has 1 fully saturated rings. The molecule has 0 amide bonds. The summed E-state index contributed by atoms with van der Waals surface area (Å²) in [4.78, 5) is 0. The molecule has 3 unspecified atom stereocenters. The lowest BCUT2D eigenvalue weighted by Gasteiger charge is -1.60. The molecule has 0 aromatic carbocycles. The average molecular weight is 91.0 g/mol. The van der Waals surface area contributed by atoms with Gasteiger partial charge in [-0.05, 0) is 0 Å². The maximum absolute atomic E-state index is 5.12. The van der Waals surface area contributed by atoms with Crippen LogP contribution in [0.4, 0.5) is 0 Å². The molecule has 1 heterocycles. The predicted octanol–water partition coefficient (Wildman–Crippen LogP) is -0.497. The van der Waals surface area contributed by atoms with Crippen LogP contribution in [0.2, 0.25) is 0 Å². The van der Waals surface area contributed by atoms with Crippen LogP contribution in [0.25, 0.3) is 0 Å². The molecule has 1 aliphatic heterocycles. The molecule has 3 heteroatoms. The lowest BCUT2D eigenvalue weighted by molar-refractivity contribution is 0.405. The Morgan fingerprint density at radius 3 is 2.00 bits per heavy atom. The molecular formula is C2H6NOP. The second-order valence-corrected chi connectivity index (χ2v) is 1.72. The van der Waals surface area contributed by atoms with Crippen molar-refractivity contribution >= 4 is 9.24 Å². The van der Waals surface area contributed by atoms with Crippen LogP contribution in [0.3, 0.4) is 0 Å². The summed E-state index contributed by atoms with van der Waals surface area (Å²) in [6.07, 6.45) is 0.0139. The zero-order valence-corrected chi connectivity index (χ0v) is 3.87. The summed E-state index contributed by atoms with van der Waals surface area (Å²) in [5.41, 5.74) is 5.12. The quantitative estimate of drug-likeness (QED) is 0.322. The molecule has 1 aliphatic rings. The first-order valence-corrected chi connectivity index (χ1v) is 2.14. The third kappa shape index (κ3) is 0.596. The Morgan fingerprint density at radius 2 is 2.00 bits per heavy atom. The van der Waals surface area contributed by atoms with E-state index in [-0.39, 0.29) is 12.1 Å². The highest BCUT2D eigenvalue weighted by Gasteiger charge is 2.29. The number of hydrogen-bond acceptors (Lipinski definition) is 2. The highest BCUT2D eigenvalue weighted by atomic mass is 31.0. The third-order valence-corrected chi connectivity index (χ3v) is 1.10. The first-order valence-electron chi connectivity index (χ1n) is 1.47. The van der Waals surface area contributed by atoms with E-state index in [1.54, 1.807) is 0 Å². The average Bonchev–Trinajstić information content (AvgIpc) is 1.79. The van der Waals surface area contributed by atoms with E-state index in [4.69, 9.17) is 5.73 Å². The van der Waals surface area contributed by atoms with Crippen LogP contribution >= 0.6 is 9.24 Å². The molecule has 30 valence electrons. The van der Waals surface area contributed by atoms with Crippen molar-refractivity contribution in [2.45, 2.75) is 12.1 Å². The Hall–Kier alpha value is 0.350. The summed E-state index contributed by atoms with van der Waals surface area (Å²) in [6.45, 7) is 0. The van der Waals surface area contributed by atoms with Crippen LogP contribution in [0.1, 0.15) is 0 Å². The Labute approximate surface area is 32.9 Å². The molecule has 0 aliphatic carbocycles. The maximum atomic E-state index is 5.12. The van der Waals surface area contributed by atoms with Crippen molar-refractivity contribution < 1.29 is 4.74 Å². The van der Waals surface area contributed by atoms with Crippen LogP contribution in [-0.2, 0) is 4.74 Å². The second kappa shape index (κ2) is 0.904. The molecule has 0 aromatic heterocycles. The van der Waals surface area contributed by atoms with Gasteiger partial charge in [-0.15, -0.1) is 9.24 Å². The van der Waals surface area contributed by atoms with Crippen LogP contribution < -0.4 is 5.73 Å². The number of hydrogen-bond donors (Lipinski definition) is 1. The lowest BCUT2D eigenvalue weighted by Crippen LogP contribution is -2.00. The Kier molecular flexibility index (Phi) is 0.639. The Bertz CT molecular complexity index is 42.9. The van der Waals surface area contributed by atoms with Crippen LogP contribution in [-0.4, -0.2) is 12.1 Å². The molecule has 1 saturated heterocycles. The van der Waals surface area contributed by atoms with E-state index in [2.05, 4.69) is 14.0 Å². The van der Waals surface area contributed by atoms with Gasteiger partial charge >= 0.3 is 0 Å². The van der Waals surface area contributed by atoms with Crippen LogP contribution in [0.5, 0.6) is 0 Å². The fourth-order valence-electron chi connectivity index (χ4n) is 0.136. The molecule has 0 saturated carbocycles. The fourth-order valence-corrected chi connectivity index (χ4v) is 0.318. The fraction of sp³-hybridized carbons (Fsp3) is 1.00. The van der Waals surface area contributed by atoms with E-state index in [9.17, 15) is 0 Å². The van der Waals surface area contributed by atoms with Gasteiger partial charge in [0.2, 0.25) is 0 Å². The normalized spacial score (nSPS) is 49.2. The topological polar surface area (TPSA) is 38.5 Å². The molecule has 0 radical (unpaired) electrons. The van der Waals surface area contributed by atoms with Gasteiger partial charge in [0.25, 0.3) is 0 Å². The number of ether oxygens (including phenoxy) is 1. The van der Waals surface area contributed by atoms with Gasteiger partial charge in [0, 0.05) is 0 Å². The van der Waals surface area contributed by atoms with Crippen molar-refractivity contribution in [1.29, 1.82) is 0 Å². The van der Waals surface area contributed by atoms with Gasteiger partial charge in [-0.2, -0.15) is 0 Å².